The van der Waals surface area contributed by atoms with E-state index in [0.29, 0.717) is 6.61 Å². The van der Waals surface area contributed by atoms with E-state index in [-0.39, 0.29) is 5.82 Å². The quantitative estimate of drug-likeness (QED) is 0.299. The predicted octanol–water partition coefficient (Wildman–Crippen LogP) is 7.45. The van der Waals surface area contributed by atoms with Crippen molar-refractivity contribution in [1.29, 1.82) is 0 Å². The zero-order valence-corrected chi connectivity index (χ0v) is 16.8. The van der Waals surface area contributed by atoms with Crippen LogP contribution >= 0.6 is 0 Å². The van der Waals surface area contributed by atoms with Crippen LogP contribution < -0.4 is 9.64 Å². The van der Waals surface area contributed by atoms with Crippen LogP contribution in [0.2, 0.25) is 0 Å². The number of hydrogen-bond donors (Lipinski definition) is 0. The van der Waals surface area contributed by atoms with Crippen LogP contribution in [0.1, 0.15) is 6.92 Å². The van der Waals surface area contributed by atoms with Gasteiger partial charge in [-0.05, 0) is 71.6 Å². The topological polar surface area (TPSA) is 25.4 Å². The van der Waals surface area contributed by atoms with Gasteiger partial charge in [-0.15, -0.1) is 0 Å². The van der Waals surface area contributed by atoms with Gasteiger partial charge in [-0.25, -0.2) is 9.37 Å². The third kappa shape index (κ3) is 2.14. The highest BCUT2D eigenvalue weighted by Gasteiger charge is 2.30. The number of aromatic nitrogens is 1. The Morgan fingerprint density at radius 1 is 0.839 bits per heavy atom. The van der Waals surface area contributed by atoms with E-state index in [0.717, 1.165) is 66.2 Å². The van der Waals surface area contributed by atoms with Crippen molar-refractivity contribution in [2.75, 3.05) is 11.5 Å². The molecule has 3 aliphatic rings. The molecule has 0 N–H and O–H groups in total. The summed E-state index contributed by atoms with van der Waals surface area (Å²) in [6, 6.07) is 23.8. The molecule has 3 aliphatic heterocycles. The van der Waals surface area contributed by atoms with Gasteiger partial charge in [0, 0.05) is 21.5 Å². The van der Waals surface area contributed by atoms with Crippen LogP contribution in [0.25, 0.3) is 43.2 Å². The summed E-state index contributed by atoms with van der Waals surface area (Å²) in [5, 5.41) is 7.47. The smallest absolute Gasteiger partial charge is 0.146 e. The highest BCUT2D eigenvalue weighted by atomic mass is 19.1. The molecule has 0 radical (unpaired) electrons. The molecule has 7 rings (SSSR count). The molecule has 0 atom stereocenters. The minimum Gasteiger partial charge on any atom is -0.494 e. The molecule has 3 nitrogen and oxygen atoms in total. The van der Waals surface area contributed by atoms with Gasteiger partial charge in [-0.3, -0.25) is 4.90 Å². The number of benzene rings is 4. The van der Waals surface area contributed by atoms with Crippen molar-refractivity contribution in [1.82, 2.24) is 4.98 Å². The second-order valence-electron chi connectivity index (χ2n) is 8.01. The van der Waals surface area contributed by atoms with Crippen LogP contribution in [0.15, 0.2) is 72.8 Å². The fraction of sp³-hybridized carbons (Fsp3) is 0.0741. The minimum atomic E-state index is -0.244. The molecule has 0 aromatic heterocycles. The van der Waals surface area contributed by atoms with Gasteiger partial charge in [-0.2, -0.15) is 0 Å². The molecule has 3 heterocycles. The number of rotatable bonds is 2. The summed E-state index contributed by atoms with van der Waals surface area (Å²) in [7, 11) is 0. The number of fused-ring (bicyclic) bond motifs is 5. The molecule has 0 unspecified atom stereocenters. The van der Waals surface area contributed by atoms with E-state index in [1.807, 2.05) is 25.1 Å². The van der Waals surface area contributed by atoms with Crippen LogP contribution in [0, 0.1) is 5.82 Å². The average Bonchev–Trinajstić information content (AvgIpc) is 2.79. The van der Waals surface area contributed by atoms with Gasteiger partial charge < -0.3 is 4.74 Å². The maximum absolute atomic E-state index is 14.1. The highest BCUT2D eigenvalue weighted by Crippen LogP contribution is 2.54. The summed E-state index contributed by atoms with van der Waals surface area (Å²) < 4.78 is 19.9. The minimum absolute atomic E-state index is 0.244. The number of halogens is 1. The van der Waals surface area contributed by atoms with E-state index in [4.69, 9.17) is 9.72 Å². The van der Waals surface area contributed by atoms with Crippen molar-refractivity contribution >= 4 is 60.4 Å². The monoisotopic (exact) mass is 404 g/mol. The summed E-state index contributed by atoms with van der Waals surface area (Å²) in [5.41, 5.74) is 3.10. The lowest BCUT2D eigenvalue weighted by molar-refractivity contribution is 0.341. The summed E-state index contributed by atoms with van der Waals surface area (Å²) in [6.07, 6.45) is 0. The zero-order valence-electron chi connectivity index (χ0n) is 16.8. The van der Waals surface area contributed by atoms with E-state index in [1.165, 1.54) is 6.07 Å². The number of anilines is 3. The standard InChI is InChI=1S/C27H17FN2O/c1-2-31-18-8-11-20-22(14-18)21-9-6-15-4-3-5-23-25(15)26(21)30-24(20)13-16-12-17(28)7-10-19(16)27(30)29-23/h3-14H,2H2,1H3. The SMILES string of the molecule is CCOc1ccc2c3cc4cc(F)ccc4c4nc5cccc6ccc(c(c65)N43)c2c1. The Balaban J connectivity index is 1.80. The van der Waals surface area contributed by atoms with Gasteiger partial charge in [0.15, 0.2) is 0 Å². The fourth-order valence-corrected chi connectivity index (χ4v) is 5.06. The van der Waals surface area contributed by atoms with E-state index < -0.39 is 0 Å². The maximum atomic E-state index is 14.1. The predicted molar refractivity (Wildman–Crippen MR) is 125 cm³/mol. The second kappa shape index (κ2) is 5.82. The van der Waals surface area contributed by atoms with Crippen molar-refractivity contribution in [3.63, 3.8) is 0 Å². The van der Waals surface area contributed by atoms with Gasteiger partial charge in [0.05, 0.1) is 23.5 Å². The van der Waals surface area contributed by atoms with Crippen LogP contribution in [0.5, 0.6) is 5.75 Å². The molecule has 0 saturated heterocycles. The summed E-state index contributed by atoms with van der Waals surface area (Å²) in [4.78, 5) is 7.30. The Morgan fingerprint density at radius 3 is 2.61 bits per heavy atom. The molecule has 4 aromatic rings. The first-order valence-electron chi connectivity index (χ1n) is 10.5. The summed E-state index contributed by atoms with van der Waals surface area (Å²) >= 11 is 0. The van der Waals surface area contributed by atoms with Crippen molar-refractivity contribution < 1.29 is 9.13 Å². The number of nitrogens with zero attached hydrogens (tertiary/aromatic N) is 2. The van der Waals surface area contributed by atoms with Crippen LogP contribution in [0.3, 0.4) is 0 Å². The third-order valence-corrected chi connectivity index (χ3v) is 6.31. The van der Waals surface area contributed by atoms with Crippen molar-refractivity contribution in [2.45, 2.75) is 6.92 Å². The molecule has 0 amide bonds. The third-order valence-electron chi connectivity index (χ3n) is 6.31. The van der Waals surface area contributed by atoms with E-state index in [9.17, 15) is 4.39 Å². The highest BCUT2D eigenvalue weighted by molar-refractivity contribution is 6.27. The number of ether oxygens (including phenoxy) is 1. The molecule has 31 heavy (non-hydrogen) atoms. The van der Waals surface area contributed by atoms with E-state index >= 15 is 0 Å². The number of hydrogen-bond acceptors (Lipinski definition) is 3. The second-order valence-corrected chi connectivity index (χ2v) is 8.01. The molecule has 0 aliphatic carbocycles. The van der Waals surface area contributed by atoms with Crippen molar-refractivity contribution in [3.05, 3.63) is 78.6 Å². The van der Waals surface area contributed by atoms with E-state index in [2.05, 4.69) is 47.4 Å². The van der Waals surface area contributed by atoms with Crippen LogP contribution in [-0.4, -0.2) is 11.6 Å². The molecule has 4 heteroatoms. The largest absolute Gasteiger partial charge is 0.494 e. The van der Waals surface area contributed by atoms with Crippen molar-refractivity contribution in [3.8, 4) is 5.75 Å². The molecular weight excluding hydrogens is 387 g/mol. The first kappa shape index (κ1) is 16.8. The first-order chi connectivity index (χ1) is 15.2. The molecule has 0 saturated carbocycles. The Bertz CT molecular complexity index is 1670. The maximum Gasteiger partial charge on any atom is 0.146 e. The molecule has 148 valence electrons. The lowest BCUT2D eigenvalue weighted by atomic mass is 9.92. The Morgan fingerprint density at radius 2 is 1.71 bits per heavy atom. The summed E-state index contributed by atoms with van der Waals surface area (Å²) in [6.45, 7) is 2.61. The van der Waals surface area contributed by atoms with Gasteiger partial charge in [-0.1, -0.05) is 24.3 Å². The van der Waals surface area contributed by atoms with Crippen LogP contribution in [0.4, 0.5) is 21.6 Å². The molecule has 0 fully saturated rings. The molecule has 0 bridgehead atoms. The Kier molecular flexibility index (Phi) is 3.16. The fourth-order valence-electron chi connectivity index (χ4n) is 5.06. The van der Waals surface area contributed by atoms with Gasteiger partial charge in [0.25, 0.3) is 0 Å². The first-order valence-corrected chi connectivity index (χ1v) is 10.5. The Hall–Kier alpha value is -3.92. The van der Waals surface area contributed by atoms with Gasteiger partial charge >= 0.3 is 0 Å². The van der Waals surface area contributed by atoms with Crippen molar-refractivity contribution in [2.24, 2.45) is 0 Å². The zero-order chi connectivity index (χ0) is 20.7. The molecule has 4 aromatic carbocycles. The van der Waals surface area contributed by atoms with Crippen LogP contribution in [-0.2, 0) is 0 Å². The normalized spacial score (nSPS) is 12.9. The van der Waals surface area contributed by atoms with Gasteiger partial charge in [0.2, 0.25) is 0 Å². The lowest BCUT2D eigenvalue weighted by Crippen LogP contribution is -2.18. The van der Waals surface area contributed by atoms with Gasteiger partial charge in [0.1, 0.15) is 17.4 Å². The molecule has 0 spiro atoms. The average molecular weight is 404 g/mol. The molecular formula is C27H17FN2O. The lowest BCUT2D eigenvalue weighted by Gasteiger charge is -2.35. The van der Waals surface area contributed by atoms with E-state index in [1.54, 1.807) is 6.07 Å². The Labute approximate surface area is 177 Å². The summed E-state index contributed by atoms with van der Waals surface area (Å²) in [5.74, 6) is 1.45.